The Bertz CT molecular complexity index is 624. The molecule has 0 atom stereocenters. The van der Waals surface area contributed by atoms with Crippen LogP contribution in [0.1, 0.15) is 16.8 Å². The van der Waals surface area contributed by atoms with Gasteiger partial charge < -0.3 is 9.84 Å². The number of aromatic nitrogens is 2. The van der Waals surface area contributed by atoms with Crippen LogP contribution in [0.25, 0.3) is 5.69 Å². The van der Waals surface area contributed by atoms with E-state index in [0.29, 0.717) is 16.9 Å². The Balaban J connectivity index is 2.42. The van der Waals surface area contributed by atoms with Gasteiger partial charge in [0.2, 0.25) is 0 Å². The number of rotatable bonds is 4. The molecule has 0 amide bonds. The summed E-state index contributed by atoms with van der Waals surface area (Å²) >= 11 is 6.09. The van der Waals surface area contributed by atoms with Gasteiger partial charge in [-0.3, -0.25) is 0 Å². The largest absolute Gasteiger partial charge is 0.416 e. The van der Waals surface area contributed by atoms with Gasteiger partial charge in [0, 0.05) is 12.7 Å². The first-order valence-corrected chi connectivity index (χ1v) is 6.30. The zero-order chi connectivity index (χ0) is 15.6. The van der Waals surface area contributed by atoms with E-state index in [4.69, 9.17) is 16.3 Å². The number of hydrogen-bond acceptors (Lipinski definition) is 3. The average Bonchev–Trinajstić information content (AvgIpc) is 2.74. The minimum absolute atomic E-state index is 0.142. The summed E-state index contributed by atoms with van der Waals surface area (Å²) in [5, 5.41) is 13.6. The predicted octanol–water partition coefficient (Wildman–Crippen LogP) is 3.18. The van der Waals surface area contributed by atoms with Gasteiger partial charge in [-0.2, -0.15) is 18.3 Å². The minimum atomic E-state index is -4.40. The van der Waals surface area contributed by atoms with E-state index in [1.54, 1.807) is 0 Å². The third-order valence-electron chi connectivity index (χ3n) is 2.88. The van der Waals surface area contributed by atoms with Gasteiger partial charge in [-0.1, -0.05) is 11.6 Å². The Hall–Kier alpha value is -1.57. The predicted molar refractivity (Wildman–Crippen MR) is 70.2 cm³/mol. The summed E-state index contributed by atoms with van der Waals surface area (Å²) in [4.78, 5) is 0. The lowest BCUT2D eigenvalue weighted by Crippen LogP contribution is -2.05. The monoisotopic (exact) mass is 320 g/mol. The molecule has 4 nitrogen and oxygen atoms in total. The topological polar surface area (TPSA) is 47.3 Å². The smallest absolute Gasteiger partial charge is 0.391 e. The Morgan fingerprint density at radius 1 is 1.29 bits per heavy atom. The lowest BCUT2D eigenvalue weighted by atomic mass is 10.2. The second kappa shape index (κ2) is 6.05. The second-order valence-corrected chi connectivity index (χ2v) is 4.62. The highest BCUT2D eigenvalue weighted by atomic mass is 35.5. The second-order valence-electron chi connectivity index (χ2n) is 4.26. The van der Waals surface area contributed by atoms with E-state index in [2.05, 4.69) is 5.10 Å². The zero-order valence-electron chi connectivity index (χ0n) is 11.0. The molecule has 8 heteroatoms. The molecule has 1 N–H and O–H groups in total. The van der Waals surface area contributed by atoms with E-state index < -0.39 is 11.7 Å². The number of halogens is 4. The number of benzene rings is 1. The van der Waals surface area contributed by atoms with Gasteiger partial charge in [-0.25, -0.2) is 4.68 Å². The van der Waals surface area contributed by atoms with Crippen LogP contribution < -0.4 is 0 Å². The Kier molecular flexibility index (Phi) is 4.55. The van der Waals surface area contributed by atoms with Gasteiger partial charge in [0.15, 0.2) is 0 Å². The normalized spacial score (nSPS) is 11.9. The number of ether oxygens (including phenoxy) is 1. The van der Waals surface area contributed by atoms with Crippen LogP contribution in [0.3, 0.4) is 0 Å². The highest BCUT2D eigenvalue weighted by molar-refractivity contribution is 6.30. The van der Waals surface area contributed by atoms with Crippen LogP contribution in [0.2, 0.25) is 5.15 Å². The Labute approximate surface area is 123 Å². The molecule has 0 radical (unpaired) electrons. The van der Waals surface area contributed by atoms with Crippen molar-refractivity contribution in [1.29, 1.82) is 0 Å². The molecule has 0 aliphatic rings. The molecule has 0 aliphatic heterocycles. The standard InChI is InChI=1S/C13H12ClF3N2O2/c1-21-7-11-10(6-20)12(14)19(18-11)9-4-2-8(3-5-9)13(15,16)17/h2-5,20H,6-7H2,1H3. The fourth-order valence-electron chi connectivity index (χ4n) is 1.84. The van der Waals surface area contributed by atoms with Crippen molar-refractivity contribution >= 4 is 11.6 Å². The Morgan fingerprint density at radius 2 is 1.90 bits per heavy atom. The molecule has 2 rings (SSSR count). The van der Waals surface area contributed by atoms with Crippen LogP contribution in [0, 0.1) is 0 Å². The highest BCUT2D eigenvalue weighted by Crippen LogP contribution is 2.30. The van der Waals surface area contributed by atoms with Crippen molar-refractivity contribution in [2.24, 2.45) is 0 Å². The van der Waals surface area contributed by atoms with E-state index in [0.717, 1.165) is 12.1 Å². The molecule has 2 aromatic rings. The van der Waals surface area contributed by atoms with Gasteiger partial charge in [-0.15, -0.1) is 0 Å². The maximum absolute atomic E-state index is 12.5. The van der Waals surface area contributed by atoms with Crippen molar-refractivity contribution in [2.45, 2.75) is 19.4 Å². The third-order valence-corrected chi connectivity index (χ3v) is 3.27. The molecule has 1 aromatic heterocycles. The van der Waals surface area contributed by atoms with E-state index >= 15 is 0 Å². The van der Waals surface area contributed by atoms with Crippen molar-refractivity contribution in [3.63, 3.8) is 0 Å². The van der Waals surface area contributed by atoms with Crippen molar-refractivity contribution < 1.29 is 23.0 Å². The zero-order valence-corrected chi connectivity index (χ0v) is 11.7. The van der Waals surface area contributed by atoms with E-state index in [9.17, 15) is 18.3 Å². The number of hydrogen-bond donors (Lipinski definition) is 1. The molecule has 0 fully saturated rings. The third kappa shape index (κ3) is 3.20. The van der Waals surface area contributed by atoms with E-state index in [-0.39, 0.29) is 18.4 Å². The molecule has 0 bridgehead atoms. The lowest BCUT2D eigenvalue weighted by molar-refractivity contribution is -0.137. The molecule has 0 spiro atoms. The first-order chi connectivity index (χ1) is 9.88. The van der Waals surface area contributed by atoms with E-state index in [1.807, 2.05) is 0 Å². The van der Waals surface area contributed by atoms with E-state index in [1.165, 1.54) is 23.9 Å². The van der Waals surface area contributed by atoms with Crippen LogP contribution in [0.5, 0.6) is 0 Å². The van der Waals surface area contributed by atoms with Gasteiger partial charge in [0.05, 0.1) is 30.2 Å². The van der Waals surface area contributed by atoms with Crippen LogP contribution in [0.15, 0.2) is 24.3 Å². The summed E-state index contributed by atoms with van der Waals surface area (Å²) in [6.07, 6.45) is -4.40. The molecule has 1 heterocycles. The molecule has 1 aromatic carbocycles. The molecular formula is C13H12ClF3N2O2. The molecule has 0 unspecified atom stereocenters. The summed E-state index contributed by atoms with van der Waals surface area (Å²) in [5.41, 5.74) is 0.433. The average molecular weight is 321 g/mol. The lowest BCUT2D eigenvalue weighted by Gasteiger charge is -2.08. The van der Waals surface area contributed by atoms with Crippen LogP contribution in [0.4, 0.5) is 13.2 Å². The first-order valence-electron chi connectivity index (χ1n) is 5.92. The van der Waals surface area contributed by atoms with Gasteiger partial charge in [0.25, 0.3) is 0 Å². The molecular weight excluding hydrogens is 309 g/mol. The van der Waals surface area contributed by atoms with Gasteiger partial charge >= 0.3 is 6.18 Å². The summed E-state index contributed by atoms with van der Waals surface area (Å²) in [7, 11) is 1.46. The quantitative estimate of drug-likeness (QED) is 0.941. The van der Waals surface area contributed by atoms with Crippen LogP contribution in [-0.2, 0) is 24.1 Å². The fourth-order valence-corrected chi connectivity index (χ4v) is 2.15. The fraction of sp³-hybridized carbons (Fsp3) is 0.308. The number of aliphatic hydroxyl groups is 1. The molecule has 21 heavy (non-hydrogen) atoms. The number of methoxy groups -OCH3 is 1. The SMILES string of the molecule is COCc1nn(-c2ccc(C(F)(F)F)cc2)c(Cl)c1CO. The summed E-state index contributed by atoms with van der Waals surface area (Å²) < 4.78 is 43.8. The molecule has 114 valence electrons. The van der Waals surface area contributed by atoms with Crippen molar-refractivity contribution in [2.75, 3.05) is 7.11 Å². The van der Waals surface area contributed by atoms with Crippen molar-refractivity contribution in [3.05, 3.63) is 46.2 Å². The molecule has 0 saturated carbocycles. The maximum atomic E-state index is 12.5. The van der Waals surface area contributed by atoms with Crippen molar-refractivity contribution in [3.8, 4) is 5.69 Å². The summed E-state index contributed by atoms with van der Waals surface area (Å²) in [6, 6.07) is 4.42. The highest BCUT2D eigenvalue weighted by Gasteiger charge is 2.30. The summed E-state index contributed by atoms with van der Waals surface area (Å²) in [5.74, 6) is 0. The molecule has 0 aliphatic carbocycles. The maximum Gasteiger partial charge on any atom is 0.416 e. The first kappa shape index (κ1) is 15.8. The number of alkyl halides is 3. The Morgan fingerprint density at radius 3 is 2.38 bits per heavy atom. The van der Waals surface area contributed by atoms with Gasteiger partial charge in [0.1, 0.15) is 5.15 Å². The van der Waals surface area contributed by atoms with Crippen LogP contribution in [-0.4, -0.2) is 22.0 Å². The van der Waals surface area contributed by atoms with Crippen molar-refractivity contribution in [1.82, 2.24) is 9.78 Å². The van der Waals surface area contributed by atoms with Gasteiger partial charge in [-0.05, 0) is 24.3 Å². The molecule has 0 saturated heterocycles. The number of nitrogens with zero attached hydrogens (tertiary/aromatic N) is 2. The minimum Gasteiger partial charge on any atom is -0.391 e. The number of aliphatic hydroxyl groups excluding tert-OH is 1. The van der Waals surface area contributed by atoms with Crippen LogP contribution >= 0.6 is 11.6 Å². The summed E-state index contributed by atoms with van der Waals surface area (Å²) in [6.45, 7) is -0.193.